The molecule has 1 aliphatic rings. The second-order valence-corrected chi connectivity index (χ2v) is 5.01. The molecule has 0 heterocycles. The molecule has 0 aliphatic heterocycles. The zero-order valence-electron chi connectivity index (χ0n) is 10.7. The molecule has 0 spiro atoms. The van der Waals surface area contributed by atoms with Gasteiger partial charge in [-0.05, 0) is 32.1 Å². The lowest BCUT2D eigenvalue weighted by Crippen LogP contribution is -2.62. The molecular weight excluding hydrogens is 220 g/mol. The van der Waals surface area contributed by atoms with E-state index in [1.54, 1.807) is 0 Å². The maximum atomic E-state index is 11.7. The van der Waals surface area contributed by atoms with Crippen molar-refractivity contribution in [3.63, 3.8) is 0 Å². The first kappa shape index (κ1) is 13.8. The van der Waals surface area contributed by atoms with Crippen LogP contribution in [0.2, 0.25) is 0 Å². The van der Waals surface area contributed by atoms with Crippen LogP contribution in [0.15, 0.2) is 0 Å². The highest BCUT2D eigenvalue weighted by atomic mass is 16.4. The third-order valence-electron chi connectivity index (χ3n) is 3.83. The van der Waals surface area contributed by atoms with E-state index in [2.05, 4.69) is 24.5 Å². The lowest BCUT2D eigenvalue weighted by Gasteiger charge is -2.38. The standard InChI is InChI=1S/C12H22N2O3/c1-4-8(2)9(3)13-11(17)14-12(10(15)16)6-5-7-12/h8-9H,4-7H2,1-3H3,(H,15,16)(H2,13,14,17). The molecule has 1 rings (SSSR count). The van der Waals surface area contributed by atoms with Crippen LogP contribution in [0.3, 0.4) is 0 Å². The summed E-state index contributed by atoms with van der Waals surface area (Å²) in [4.78, 5) is 22.8. The molecule has 0 saturated heterocycles. The number of nitrogens with one attached hydrogen (secondary N) is 2. The first-order valence-corrected chi connectivity index (χ1v) is 6.23. The molecular formula is C12H22N2O3. The predicted molar refractivity (Wildman–Crippen MR) is 64.8 cm³/mol. The normalized spacial score (nSPS) is 20.9. The molecule has 1 aliphatic carbocycles. The van der Waals surface area contributed by atoms with Crippen LogP contribution in [-0.4, -0.2) is 28.7 Å². The summed E-state index contributed by atoms with van der Waals surface area (Å²) in [5.41, 5.74) is -1.03. The van der Waals surface area contributed by atoms with Gasteiger partial charge in [0.2, 0.25) is 0 Å². The molecule has 0 aromatic rings. The zero-order valence-corrected chi connectivity index (χ0v) is 10.7. The van der Waals surface area contributed by atoms with Crippen molar-refractivity contribution in [3.05, 3.63) is 0 Å². The lowest BCUT2D eigenvalue weighted by atomic mass is 9.77. The molecule has 2 unspecified atom stereocenters. The molecule has 0 aromatic carbocycles. The summed E-state index contributed by atoms with van der Waals surface area (Å²) < 4.78 is 0. The van der Waals surface area contributed by atoms with Crippen molar-refractivity contribution in [3.8, 4) is 0 Å². The van der Waals surface area contributed by atoms with E-state index in [0.29, 0.717) is 18.8 Å². The average molecular weight is 242 g/mol. The number of hydrogen-bond donors (Lipinski definition) is 3. The number of urea groups is 1. The zero-order chi connectivity index (χ0) is 13.1. The fourth-order valence-corrected chi connectivity index (χ4v) is 1.88. The molecule has 0 aromatic heterocycles. The van der Waals surface area contributed by atoms with Gasteiger partial charge in [0.25, 0.3) is 0 Å². The van der Waals surface area contributed by atoms with Crippen LogP contribution in [0.4, 0.5) is 4.79 Å². The van der Waals surface area contributed by atoms with Crippen LogP contribution in [0.1, 0.15) is 46.5 Å². The van der Waals surface area contributed by atoms with Gasteiger partial charge in [0.05, 0.1) is 0 Å². The third kappa shape index (κ3) is 3.11. The van der Waals surface area contributed by atoms with E-state index in [9.17, 15) is 9.59 Å². The molecule has 1 saturated carbocycles. The van der Waals surface area contributed by atoms with Gasteiger partial charge in [-0.15, -0.1) is 0 Å². The van der Waals surface area contributed by atoms with Gasteiger partial charge in [0.15, 0.2) is 0 Å². The summed E-state index contributed by atoms with van der Waals surface area (Å²) in [5.74, 6) is -0.557. The van der Waals surface area contributed by atoms with Gasteiger partial charge in [0, 0.05) is 6.04 Å². The van der Waals surface area contributed by atoms with Gasteiger partial charge in [-0.1, -0.05) is 20.3 Å². The quantitative estimate of drug-likeness (QED) is 0.687. The van der Waals surface area contributed by atoms with Crippen LogP contribution >= 0.6 is 0 Å². The van der Waals surface area contributed by atoms with E-state index in [0.717, 1.165) is 12.8 Å². The van der Waals surface area contributed by atoms with Crippen LogP contribution in [-0.2, 0) is 4.79 Å². The Hall–Kier alpha value is -1.26. The molecule has 5 nitrogen and oxygen atoms in total. The van der Waals surface area contributed by atoms with Crippen LogP contribution < -0.4 is 10.6 Å². The van der Waals surface area contributed by atoms with Gasteiger partial charge in [0.1, 0.15) is 5.54 Å². The Balaban J connectivity index is 2.46. The number of aliphatic carboxylic acids is 1. The summed E-state index contributed by atoms with van der Waals surface area (Å²) in [6.07, 6.45) is 2.87. The number of carboxylic acid groups (broad SMARTS) is 1. The van der Waals surface area contributed by atoms with Crippen molar-refractivity contribution in [2.45, 2.75) is 58.0 Å². The maximum absolute atomic E-state index is 11.7. The Bertz CT molecular complexity index is 300. The summed E-state index contributed by atoms with van der Waals surface area (Å²) >= 11 is 0. The van der Waals surface area contributed by atoms with Crippen molar-refractivity contribution in [1.82, 2.24) is 10.6 Å². The Labute approximate surface area is 102 Å². The summed E-state index contributed by atoms with van der Waals surface area (Å²) in [5, 5.41) is 14.5. The molecule has 3 N–H and O–H groups in total. The molecule has 0 bridgehead atoms. The van der Waals surface area contributed by atoms with Crippen molar-refractivity contribution in [2.24, 2.45) is 5.92 Å². The van der Waals surface area contributed by atoms with Crippen LogP contribution in [0, 0.1) is 5.92 Å². The van der Waals surface area contributed by atoms with E-state index < -0.39 is 11.5 Å². The van der Waals surface area contributed by atoms with Gasteiger partial charge in [-0.3, -0.25) is 0 Å². The van der Waals surface area contributed by atoms with Gasteiger partial charge in [-0.2, -0.15) is 0 Å². The predicted octanol–water partition coefficient (Wildman–Crippen LogP) is 1.73. The molecule has 2 atom stereocenters. The van der Waals surface area contributed by atoms with E-state index in [4.69, 9.17) is 5.11 Å². The molecule has 0 radical (unpaired) electrons. The summed E-state index contributed by atoms with van der Waals surface area (Å²) in [6.45, 7) is 6.05. The second-order valence-electron chi connectivity index (χ2n) is 5.01. The van der Waals surface area contributed by atoms with Crippen molar-refractivity contribution in [2.75, 3.05) is 0 Å². The Morgan fingerprint density at radius 1 is 1.35 bits per heavy atom. The second kappa shape index (κ2) is 5.38. The Kier molecular flexibility index (Phi) is 4.37. The van der Waals surface area contributed by atoms with Crippen LogP contribution in [0.25, 0.3) is 0 Å². The van der Waals surface area contributed by atoms with Crippen molar-refractivity contribution < 1.29 is 14.7 Å². The Morgan fingerprint density at radius 3 is 2.29 bits per heavy atom. The van der Waals surface area contributed by atoms with Crippen LogP contribution in [0.5, 0.6) is 0 Å². The third-order valence-corrected chi connectivity index (χ3v) is 3.83. The smallest absolute Gasteiger partial charge is 0.329 e. The number of carbonyl (C=O) groups excluding carboxylic acids is 1. The molecule has 17 heavy (non-hydrogen) atoms. The summed E-state index contributed by atoms with van der Waals surface area (Å²) in [7, 11) is 0. The summed E-state index contributed by atoms with van der Waals surface area (Å²) in [6, 6.07) is -0.328. The van der Waals surface area contributed by atoms with E-state index in [1.807, 2.05) is 6.92 Å². The monoisotopic (exact) mass is 242 g/mol. The van der Waals surface area contributed by atoms with Crippen molar-refractivity contribution >= 4 is 12.0 Å². The first-order valence-electron chi connectivity index (χ1n) is 6.23. The molecule has 5 heteroatoms. The number of carbonyl (C=O) groups is 2. The minimum Gasteiger partial charge on any atom is -0.480 e. The van der Waals surface area contributed by atoms with Gasteiger partial charge < -0.3 is 15.7 Å². The Morgan fingerprint density at radius 2 is 1.94 bits per heavy atom. The van der Waals surface area contributed by atoms with E-state index >= 15 is 0 Å². The highest BCUT2D eigenvalue weighted by Crippen LogP contribution is 2.31. The first-order chi connectivity index (χ1) is 7.91. The molecule has 1 fully saturated rings. The number of hydrogen-bond acceptors (Lipinski definition) is 2. The largest absolute Gasteiger partial charge is 0.480 e. The highest BCUT2D eigenvalue weighted by molar-refractivity contribution is 5.87. The number of amides is 2. The molecule has 2 amide bonds. The van der Waals surface area contributed by atoms with Gasteiger partial charge >= 0.3 is 12.0 Å². The lowest BCUT2D eigenvalue weighted by molar-refractivity contribution is -0.148. The number of rotatable bonds is 5. The topological polar surface area (TPSA) is 78.4 Å². The molecule has 98 valence electrons. The highest BCUT2D eigenvalue weighted by Gasteiger charge is 2.45. The van der Waals surface area contributed by atoms with E-state index in [-0.39, 0.29) is 12.1 Å². The van der Waals surface area contributed by atoms with Crippen molar-refractivity contribution in [1.29, 1.82) is 0 Å². The fraction of sp³-hybridized carbons (Fsp3) is 0.833. The average Bonchev–Trinajstić information content (AvgIpc) is 2.21. The maximum Gasteiger partial charge on any atom is 0.329 e. The van der Waals surface area contributed by atoms with Gasteiger partial charge in [-0.25, -0.2) is 9.59 Å². The minimum absolute atomic E-state index is 0.0471. The minimum atomic E-state index is -1.03. The number of carboxylic acids is 1. The fourth-order valence-electron chi connectivity index (χ4n) is 1.88. The SMILES string of the molecule is CCC(C)C(C)NC(=O)NC1(C(=O)O)CCC1. The van der Waals surface area contributed by atoms with E-state index in [1.165, 1.54) is 0 Å².